The molecule has 290 valence electrons. The van der Waals surface area contributed by atoms with Gasteiger partial charge in [-0.2, -0.15) is 0 Å². The topological polar surface area (TPSA) is 113 Å². The molecule has 9 rings (SSSR count). The van der Waals surface area contributed by atoms with E-state index < -0.39 is 23.8 Å². The maximum atomic E-state index is 13.3. The number of piperidine rings is 3. The van der Waals surface area contributed by atoms with Crippen LogP contribution in [0.3, 0.4) is 0 Å². The molecule has 2 atom stereocenters. The van der Waals surface area contributed by atoms with Gasteiger partial charge in [0, 0.05) is 98.1 Å². The highest BCUT2D eigenvalue weighted by molar-refractivity contribution is 6.33. The number of imide groups is 2. The first-order valence-corrected chi connectivity index (χ1v) is 20.4. The van der Waals surface area contributed by atoms with Crippen molar-refractivity contribution < 1.29 is 19.2 Å². The second kappa shape index (κ2) is 14.4. The average Bonchev–Trinajstić information content (AvgIpc) is 3.64. The standard InChI is InChI=1S/C43H47ClN8O4/c1-27-23-43(26-51(27)33-8-10-37(45-2)36(44)22-33)15-19-49(20-16-43)31-5-3-30(4-6-31)48-17-13-28(14-18-48)46-29-24-50(25-29)32-7-9-34-35(21-32)42(56)52(41(34)55)38-11-12-39(53)47-40(38)54/h3-10,21-22,27-29,38,46H,11-20,23-26H2,1H3,(H,47,53,54)/t27-,38?/m0/s1. The summed E-state index contributed by atoms with van der Waals surface area (Å²) >= 11 is 6.39. The summed E-state index contributed by atoms with van der Waals surface area (Å²) in [5, 5.41) is 6.63. The Hall–Kier alpha value is -5.12. The molecule has 3 aromatic rings. The minimum Gasteiger partial charge on any atom is -0.371 e. The molecular formula is C43H47ClN8O4. The highest BCUT2D eigenvalue weighted by Crippen LogP contribution is 2.46. The zero-order valence-electron chi connectivity index (χ0n) is 31.7. The highest BCUT2D eigenvalue weighted by Gasteiger charge is 2.46. The molecule has 1 spiro atoms. The molecule has 0 bridgehead atoms. The van der Waals surface area contributed by atoms with E-state index in [0.29, 0.717) is 45.4 Å². The Morgan fingerprint density at radius 2 is 1.41 bits per heavy atom. The predicted octanol–water partition coefficient (Wildman–Crippen LogP) is 5.62. The lowest BCUT2D eigenvalue weighted by Crippen LogP contribution is -2.61. The summed E-state index contributed by atoms with van der Waals surface area (Å²) in [7, 11) is 0. The van der Waals surface area contributed by atoms with Gasteiger partial charge in [-0.3, -0.25) is 29.4 Å². The van der Waals surface area contributed by atoms with Crippen molar-refractivity contribution in [1.29, 1.82) is 0 Å². The summed E-state index contributed by atoms with van der Waals surface area (Å²) in [6, 6.07) is 20.6. The Morgan fingerprint density at radius 1 is 0.768 bits per heavy atom. The minimum absolute atomic E-state index is 0.102. The van der Waals surface area contributed by atoms with Crippen LogP contribution in [0.15, 0.2) is 60.7 Å². The van der Waals surface area contributed by atoms with Crippen LogP contribution in [0.1, 0.15) is 72.6 Å². The molecule has 12 nitrogen and oxygen atoms in total. The first kappa shape index (κ1) is 36.5. The quantitative estimate of drug-likeness (QED) is 0.233. The first-order chi connectivity index (χ1) is 27.1. The molecule has 0 radical (unpaired) electrons. The van der Waals surface area contributed by atoms with E-state index in [9.17, 15) is 19.2 Å². The lowest BCUT2D eigenvalue weighted by atomic mass is 9.76. The Balaban J connectivity index is 0.725. The van der Waals surface area contributed by atoms with Crippen molar-refractivity contribution in [2.24, 2.45) is 5.41 Å². The van der Waals surface area contributed by atoms with Gasteiger partial charge in [-0.25, -0.2) is 4.85 Å². The molecule has 0 aliphatic carbocycles. The van der Waals surface area contributed by atoms with Crippen molar-refractivity contribution >= 4 is 63.7 Å². The Bertz CT molecular complexity index is 2110. The summed E-state index contributed by atoms with van der Waals surface area (Å²) in [5.74, 6) is -1.93. The largest absolute Gasteiger partial charge is 0.371 e. The third kappa shape index (κ3) is 6.64. The fraction of sp³-hybridized carbons (Fsp3) is 0.465. The lowest BCUT2D eigenvalue weighted by molar-refractivity contribution is -0.136. The van der Waals surface area contributed by atoms with Crippen molar-refractivity contribution in [3.63, 3.8) is 0 Å². The number of hydrogen-bond acceptors (Lipinski definition) is 9. The van der Waals surface area contributed by atoms with Crippen LogP contribution in [0.5, 0.6) is 0 Å². The molecule has 6 aliphatic rings. The second-order valence-electron chi connectivity index (χ2n) is 16.6. The number of nitrogens with zero attached hydrogens (tertiary/aromatic N) is 6. The Kier molecular flexibility index (Phi) is 9.41. The Morgan fingerprint density at radius 3 is 2.07 bits per heavy atom. The molecule has 1 unspecified atom stereocenters. The fourth-order valence-electron chi connectivity index (χ4n) is 9.99. The maximum Gasteiger partial charge on any atom is 0.262 e. The molecule has 6 heterocycles. The van der Waals surface area contributed by atoms with Gasteiger partial charge in [-0.15, -0.1) is 0 Å². The molecule has 6 aliphatic heterocycles. The van der Waals surface area contributed by atoms with E-state index in [-0.39, 0.29) is 18.7 Å². The van der Waals surface area contributed by atoms with Crippen LogP contribution in [0, 0.1) is 12.0 Å². The van der Waals surface area contributed by atoms with E-state index in [1.54, 1.807) is 12.1 Å². The molecule has 5 fully saturated rings. The van der Waals surface area contributed by atoms with Gasteiger partial charge in [0.15, 0.2) is 0 Å². The van der Waals surface area contributed by atoms with Gasteiger partial charge >= 0.3 is 0 Å². The zero-order chi connectivity index (χ0) is 38.7. The van der Waals surface area contributed by atoms with Crippen LogP contribution < -0.4 is 30.2 Å². The predicted molar refractivity (Wildman–Crippen MR) is 217 cm³/mol. The van der Waals surface area contributed by atoms with Crippen LogP contribution in [0.25, 0.3) is 4.85 Å². The van der Waals surface area contributed by atoms with E-state index in [1.807, 2.05) is 24.3 Å². The molecule has 4 amide bonds. The summed E-state index contributed by atoms with van der Waals surface area (Å²) in [5.41, 5.74) is 6.03. The second-order valence-corrected chi connectivity index (χ2v) is 17.0. The monoisotopic (exact) mass is 774 g/mol. The van der Waals surface area contributed by atoms with Crippen molar-refractivity contribution in [1.82, 2.24) is 15.5 Å². The first-order valence-electron chi connectivity index (χ1n) is 20.0. The average molecular weight is 775 g/mol. The number of nitrogens with one attached hydrogen (secondary N) is 2. The maximum absolute atomic E-state index is 13.3. The van der Waals surface area contributed by atoms with Crippen molar-refractivity contribution in [2.75, 3.05) is 65.4 Å². The highest BCUT2D eigenvalue weighted by atomic mass is 35.5. The number of rotatable bonds is 7. The molecule has 0 saturated carbocycles. The van der Waals surface area contributed by atoms with Crippen LogP contribution >= 0.6 is 11.6 Å². The summed E-state index contributed by atoms with van der Waals surface area (Å²) in [6.45, 7) is 16.4. The molecule has 0 aromatic heterocycles. The van der Waals surface area contributed by atoms with Gasteiger partial charge in [0.05, 0.1) is 17.7 Å². The normalized spacial score (nSPS) is 24.1. The third-order valence-electron chi connectivity index (χ3n) is 13.2. The zero-order valence-corrected chi connectivity index (χ0v) is 32.4. The molecule has 13 heteroatoms. The van der Waals surface area contributed by atoms with E-state index in [0.717, 1.165) is 74.9 Å². The number of anilines is 4. The van der Waals surface area contributed by atoms with Crippen molar-refractivity contribution in [3.8, 4) is 0 Å². The van der Waals surface area contributed by atoms with Crippen molar-refractivity contribution in [2.45, 2.75) is 76.0 Å². The molecule has 5 saturated heterocycles. The number of benzene rings is 3. The minimum atomic E-state index is -0.959. The van der Waals surface area contributed by atoms with Crippen LogP contribution in [0.4, 0.5) is 28.4 Å². The van der Waals surface area contributed by atoms with Gasteiger partial charge in [0.1, 0.15) is 6.04 Å². The van der Waals surface area contributed by atoms with E-state index in [1.165, 1.54) is 30.6 Å². The van der Waals surface area contributed by atoms with Gasteiger partial charge in [-0.1, -0.05) is 17.7 Å². The van der Waals surface area contributed by atoms with Gasteiger partial charge in [0.25, 0.3) is 11.8 Å². The number of halogens is 1. The summed E-state index contributed by atoms with van der Waals surface area (Å²) in [4.78, 5) is 64.6. The van der Waals surface area contributed by atoms with Crippen LogP contribution in [-0.2, 0) is 9.59 Å². The number of hydrogen-bond donors (Lipinski definition) is 2. The molecule has 56 heavy (non-hydrogen) atoms. The van der Waals surface area contributed by atoms with Gasteiger partial charge in [-0.05, 0) is 105 Å². The van der Waals surface area contributed by atoms with Gasteiger partial charge in [0.2, 0.25) is 17.5 Å². The third-order valence-corrected chi connectivity index (χ3v) is 13.5. The summed E-state index contributed by atoms with van der Waals surface area (Å²) in [6.07, 6.45) is 5.91. The fourth-order valence-corrected chi connectivity index (χ4v) is 10.2. The number of amides is 4. The number of carbonyl (C=O) groups excluding carboxylic acids is 4. The molecule has 2 N–H and O–H groups in total. The summed E-state index contributed by atoms with van der Waals surface area (Å²) < 4.78 is 0. The van der Waals surface area contributed by atoms with Crippen LogP contribution in [0.2, 0.25) is 5.02 Å². The van der Waals surface area contributed by atoms with E-state index >= 15 is 0 Å². The number of fused-ring (bicyclic) bond motifs is 1. The van der Waals surface area contributed by atoms with E-state index in [2.05, 4.69) is 66.3 Å². The van der Waals surface area contributed by atoms with Crippen LogP contribution in [-0.4, -0.2) is 98.5 Å². The smallest absolute Gasteiger partial charge is 0.262 e. The SMILES string of the molecule is [C-]#[N+]c1ccc(N2CC3(CCN(c4ccc(N5CCC(NC6CN(c7ccc8c(c7)C(=O)N(C7CCC(=O)NC7=O)C8=O)C6)CC5)cc4)CC3)C[C@@H]2C)cc1Cl. The van der Waals surface area contributed by atoms with Gasteiger partial charge < -0.3 is 24.9 Å². The lowest BCUT2D eigenvalue weighted by Gasteiger charge is -2.44. The van der Waals surface area contributed by atoms with Crippen molar-refractivity contribution in [3.05, 3.63) is 88.2 Å². The molecule has 3 aromatic carbocycles. The molecular weight excluding hydrogens is 728 g/mol. The number of carbonyl (C=O) groups is 4. The Labute approximate surface area is 332 Å². The van der Waals surface area contributed by atoms with E-state index in [4.69, 9.17) is 18.2 Å².